The number of carbonyl (C=O) groups excluding carboxylic acids is 1. The first-order valence-corrected chi connectivity index (χ1v) is 5.98. The molecule has 3 heteroatoms. The van der Waals surface area contributed by atoms with Crippen LogP contribution in [0.25, 0.3) is 0 Å². The molecule has 1 aliphatic heterocycles. The molecule has 0 aliphatic carbocycles. The van der Waals surface area contributed by atoms with Crippen molar-refractivity contribution in [3.63, 3.8) is 0 Å². The molecule has 1 aliphatic rings. The first-order chi connectivity index (χ1) is 6.91. The molecule has 0 spiro atoms. The minimum Gasteiger partial charge on any atom is -0.326 e. The predicted octanol–water partition coefficient (Wildman–Crippen LogP) is 1.83. The van der Waals surface area contributed by atoms with Gasteiger partial charge in [0.1, 0.15) is 0 Å². The van der Waals surface area contributed by atoms with Crippen molar-refractivity contribution in [2.75, 3.05) is 6.54 Å². The molecule has 0 aromatic heterocycles. The molecular formula is C12H24N2O. The van der Waals surface area contributed by atoms with Gasteiger partial charge in [-0.3, -0.25) is 10.1 Å². The maximum absolute atomic E-state index is 11.9. The molecule has 15 heavy (non-hydrogen) atoms. The van der Waals surface area contributed by atoms with E-state index in [2.05, 4.69) is 33.0 Å². The van der Waals surface area contributed by atoms with Crippen molar-refractivity contribution < 1.29 is 4.79 Å². The van der Waals surface area contributed by atoms with Gasteiger partial charge in [0, 0.05) is 6.54 Å². The minimum absolute atomic E-state index is 0.00694. The van der Waals surface area contributed by atoms with Crippen LogP contribution < -0.4 is 5.32 Å². The Kier molecular flexibility index (Phi) is 4.14. The summed E-state index contributed by atoms with van der Waals surface area (Å²) in [6, 6.07) is -0.00694. The lowest BCUT2D eigenvalue weighted by Crippen LogP contribution is -2.40. The van der Waals surface area contributed by atoms with Crippen LogP contribution in [-0.4, -0.2) is 29.6 Å². The first-order valence-electron chi connectivity index (χ1n) is 5.98. The van der Waals surface area contributed by atoms with Crippen LogP contribution in [0.2, 0.25) is 0 Å². The topological polar surface area (TPSA) is 32.3 Å². The Hall–Kier alpha value is -0.570. The summed E-state index contributed by atoms with van der Waals surface area (Å²) in [6.07, 6.45) is 1.29. The van der Waals surface area contributed by atoms with Gasteiger partial charge in [-0.1, -0.05) is 27.7 Å². The van der Waals surface area contributed by atoms with Crippen molar-refractivity contribution in [3.8, 4) is 0 Å². The van der Waals surface area contributed by atoms with E-state index in [4.69, 9.17) is 0 Å². The van der Waals surface area contributed by atoms with E-state index in [-0.39, 0.29) is 18.1 Å². The van der Waals surface area contributed by atoms with Crippen molar-refractivity contribution in [2.24, 2.45) is 11.8 Å². The van der Waals surface area contributed by atoms with Gasteiger partial charge in [-0.15, -0.1) is 0 Å². The largest absolute Gasteiger partial charge is 0.326 e. The fourth-order valence-electron chi connectivity index (χ4n) is 2.10. The lowest BCUT2D eigenvalue weighted by atomic mass is 10.1. The normalized spacial score (nSPS) is 27.1. The highest BCUT2D eigenvalue weighted by atomic mass is 16.2. The summed E-state index contributed by atoms with van der Waals surface area (Å²) >= 11 is 0. The highest BCUT2D eigenvalue weighted by Gasteiger charge is 2.36. The minimum atomic E-state index is -0.00694. The summed E-state index contributed by atoms with van der Waals surface area (Å²) in [5, 5.41) is 3.37. The van der Waals surface area contributed by atoms with E-state index in [9.17, 15) is 4.79 Å². The van der Waals surface area contributed by atoms with Gasteiger partial charge in [0.2, 0.25) is 5.91 Å². The van der Waals surface area contributed by atoms with Crippen LogP contribution in [0, 0.1) is 11.8 Å². The van der Waals surface area contributed by atoms with Gasteiger partial charge in [0.25, 0.3) is 0 Å². The SMILES string of the molecule is CC(C)CC1NC(C)C(=O)N1CC(C)C. The van der Waals surface area contributed by atoms with Crippen LogP contribution in [0.1, 0.15) is 41.0 Å². The standard InChI is InChI=1S/C12H24N2O/c1-8(2)6-11-13-10(5)12(15)14(11)7-9(3)4/h8-11,13H,6-7H2,1-5H3. The molecule has 1 heterocycles. The second kappa shape index (κ2) is 4.97. The van der Waals surface area contributed by atoms with Crippen molar-refractivity contribution in [3.05, 3.63) is 0 Å². The fourth-order valence-corrected chi connectivity index (χ4v) is 2.10. The van der Waals surface area contributed by atoms with Crippen LogP contribution in [-0.2, 0) is 4.79 Å². The van der Waals surface area contributed by atoms with Gasteiger partial charge in [-0.25, -0.2) is 0 Å². The molecule has 1 amide bonds. The zero-order chi connectivity index (χ0) is 11.6. The van der Waals surface area contributed by atoms with Gasteiger partial charge in [-0.05, 0) is 25.2 Å². The maximum Gasteiger partial charge on any atom is 0.240 e. The van der Waals surface area contributed by atoms with Crippen molar-refractivity contribution in [2.45, 2.75) is 53.2 Å². The Bertz CT molecular complexity index is 226. The van der Waals surface area contributed by atoms with Crippen LogP contribution in [0.15, 0.2) is 0 Å². The highest BCUT2D eigenvalue weighted by molar-refractivity contribution is 5.83. The van der Waals surface area contributed by atoms with E-state index in [1.165, 1.54) is 0 Å². The Morgan fingerprint density at radius 3 is 2.33 bits per heavy atom. The molecule has 1 saturated heterocycles. The van der Waals surface area contributed by atoms with Gasteiger partial charge in [0.05, 0.1) is 12.2 Å². The van der Waals surface area contributed by atoms with Crippen molar-refractivity contribution in [1.29, 1.82) is 0 Å². The molecule has 2 unspecified atom stereocenters. The predicted molar refractivity (Wildman–Crippen MR) is 62.4 cm³/mol. The summed E-state index contributed by atoms with van der Waals surface area (Å²) < 4.78 is 0. The Morgan fingerprint density at radius 2 is 1.87 bits per heavy atom. The number of amides is 1. The smallest absolute Gasteiger partial charge is 0.240 e. The van der Waals surface area contributed by atoms with Crippen molar-refractivity contribution in [1.82, 2.24) is 10.2 Å². The quantitative estimate of drug-likeness (QED) is 0.771. The monoisotopic (exact) mass is 212 g/mol. The lowest BCUT2D eigenvalue weighted by Gasteiger charge is -2.27. The summed E-state index contributed by atoms with van der Waals surface area (Å²) in [5.74, 6) is 1.42. The molecule has 3 nitrogen and oxygen atoms in total. The molecule has 2 atom stereocenters. The van der Waals surface area contributed by atoms with E-state index in [1.807, 2.05) is 11.8 Å². The van der Waals surface area contributed by atoms with E-state index in [1.54, 1.807) is 0 Å². The average molecular weight is 212 g/mol. The van der Waals surface area contributed by atoms with Crippen LogP contribution >= 0.6 is 0 Å². The third-order valence-electron chi connectivity index (χ3n) is 2.73. The summed E-state index contributed by atoms with van der Waals surface area (Å²) in [4.78, 5) is 13.9. The molecule has 0 aromatic rings. The zero-order valence-electron chi connectivity index (χ0n) is 10.6. The highest BCUT2D eigenvalue weighted by Crippen LogP contribution is 2.18. The molecule has 0 aromatic carbocycles. The molecule has 0 saturated carbocycles. The molecular weight excluding hydrogens is 188 g/mol. The number of rotatable bonds is 4. The van der Waals surface area contributed by atoms with E-state index in [0.29, 0.717) is 11.8 Å². The van der Waals surface area contributed by atoms with Crippen LogP contribution in [0.5, 0.6) is 0 Å². The second-order valence-electron chi connectivity index (χ2n) is 5.42. The maximum atomic E-state index is 11.9. The van der Waals surface area contributed by atoms with E-state index in [0.717, 1.165) is 13.0 Å². The zero-order valence-corrected chi connectivity index (χ0v) is 10.6. The molecule has 0 radical (unpaired) electrons. The van der Waals surface area contributed by atoms with Gasteiger partial charge < -0.3 is 4.90 Å². The van der Waals surface area contributed by atoms with Crippen LogP contribution in [0.4, 0.5) is 0 Å². The Balaban J connectivity index is 2.64. The molecule has 1 fully saturated rings. The molecule has 0 bridgehead atoms. The Morgan fingerprint density at radius 1 is 1.27 bits per heavy atom. The number of hydrogen-bond donors (Lipinski definition) is 1. The Labute approximate surface area is 93.2 Å². The van der Waals surface area contributed by atoms with Gasteiger partial charge in [-0.2, -0.15) is 0 Å². The van der Waals surface area contributed by atoms with Gasteiger partial charge >= 0.3 is 0 Å². The number of carbonyl (C=O) groups is 1. The first kappa shape index (κ1) is 12.5. The van der Waals surface area contributed by atoms with E-state index < -0.39 is 0 Å². The average Bonchev–Trinajstić information content (AvgIpc) is 2.31. The van der Waals surface area contributed by atoms with Crippen LogP contribution in [0.3, 0.4) is 0 Å². The lowest BCUT2D eigenvalue weighted by molar-refractivity contribution is -0.130. The summed E-state index contributed by atoms with van der Waals surface area (Å²) in [6.45, 7) is 11.5. The molecule has 1 N–H and O–H groups in total. The second-order valence-corrected chi connectivity index (χ2v) is 5.42. The van der Waals surface area contributed by atoms with Gasteiger partial charge in [0.15, 0.2) is 0 Å². The third kappa shape index (κ3) is 3.20. The molecule has 88 valence electrons. The number of hydrogen-bond acceptors (Lipinski definition) is 2. The number of nitrogens with zero attached hydrogens (tertiary/aromatic N) is 1. The van der Waals surface area contributed by atoms with Crippen molar-refractivity contribution >= 4 is 5.91 Å². The molecule has 1 rings (SSSR count). The van der Waals surface area contributed by atoms with E-state index >= 15 is 0 Å². The summed E-state index contributed by atoms with van der Waals surface area (Å²) in [7, 11) is 0. The summed E-state index contributed by atoms with van der Waals surface area (Å²) in [5.41, 5.74) is 0. The third-order valence-corrected chi connectivity index (χ3v) is 2.73. The fraction of sp³-hybridized carbons (Fsp3) is 0.917. The number of nitrogens with one attached hydrogen (secondary N) is 1.